The fourth-order valence-electron chi connectivity index (χ4n) is 1.46. The molecule has 1 aromatic carbocycles. The number of amides is 1. The maximum Gasteiger partial charge on any atom is 0.265 e. The lowest BCUT2D eigenvalue weighted by atomic mass is 9.85. The molecule has 15 heavy (non-hydrogen) atoms. The lowest BCUT2D eigenvalue weighted by Gasteiger charge is -2.20. The van der Waals surface area contributed by atoms with E-state index in [1.807, 2.05) is 25.1 Å². The Labute approximate surface area is 90.6 Å². The number of aryl methyl sites for hydroxylation is 1. The molecular weight excluding hydrogens is 188 g/mol. The highest BCUT2D eigenvalue weighted by molar-refractivity contribution is 5.95. The van der Waals surface area contributed by atoms with Crippen molar-refractivity contribution in [2.75, 3.05) is 0 Å². The van der Waals surface area contributed by atoms with Crippen LogP contribution in [0.3, 0.4) is 0 Å². The summed E-state index contributed by atoms with van der Waals surface area (Å²) in [4.78, 5) is 11.4. The summed E-state index contributed by atoms with van der Waals surface area (Å²) >= 11 is 0. The summed E-state index contributed by atoms with van der Waals surface area (Å²) in [6, 6.07) is 5.82. The van der Waals surface area contributed by atoms with E-state index in [4.69, 9.17) is 5.84 Å². The molecule has 0 unspecified atom stereocenters. The van der Waals surface area contributed by atoms with Crippen molar-refractivity contribution in [2.45, 2.75) is 33.1 Å². The minimum Gasteiger partial charge on any atom is -0.290 e. The highest BCUT2D eigenvalue weighted by atomic mass is 16.2. The van der Waals surface area contributed by atoms with Crippen LogP contribution in [-0.4, -0.2) is 5.91 Å². The van der Waals surface area contributed by atoms with Gasteiger partial charge in [-0.15, -0.1) is 0 Å². The van der Waals surface area contributed by atoms with E-state index >= 15 is 0 Å². The van der Waals surface area contributed by atoms with Crippen molar-refractivity contribution in [1.82, 2.24) is 5.43 Å². The molecule has 0 radical (unpaired) electrons. The molecule has 0 fully saturated rings. The van der Waals surface area contributed by atoms with Crippen LogP contribution in [0.5, 0.6) is 0 Å². The van der Waals surface area contributed by atoms with Gasteiger partial charge in [-0.1, -0.05) is 32.9 Å². The number of benzene rings is 1. The van der Waals surface area contributed by atoms with E-state index in [1.54, 1.807) is 0 Å². The number of rotatable bonds is 1. The van der Waals surface area contributed by atoms with Crippen LogP contribution in [0.15, 0.2) is 18.2 Å². The summed E-state index contributed by atoms with van der Waals surface area (Å²) in [5.41, 5.74) is 5.04. The Morgan fingerprint density at radius 1 is 1.33 bits per heavy atom. The van der Waals surface area contributed by atoms with Gasteiger partial charge in [0.1, 0.15) is 0 Å². The molecule has 0 aliphatic carbocycles. The van der Waals surface area contributed by atoms with Crippen molar-refractivity contribution in [3.63, 3.8) is 0 Å². The van der Waals surface area contributed by atoms with Gasteiger partial charge in [0.15, 0.2) is 0 Å². The molecule has 0 bridgehead atoms. The van der Waals surface area contributed by atoms with Crippen molar-refractivity contribution < 1.29 is 4.79 Å². The molecule has 0 heterocycles. The Balaban J connectivity index is 3.15. The molecule has 0 saturated heterocycles. The van der Waals surface area contributed by atoms with Crippen molar-refractivity contribution in [2.24, 2.45) is 5.84 Å². The Kier molecular flexibility index (Phi) is 3.15. The fourth-order valence-corrected chi connectivity index (χ4v) is 1.46. The summed E-state index contributed by atoms with van der Waals surface area (Å²) in [7, 11) is 0. The fraction of sp³-hybridized carbons (Fsp3) is 0.417. The average molecular weight is 206 g/mol. The second-order valence-electron chi connectivity index (χ2n) is 4.75. The third-order valence-corrected chi connectivity index (χ3v) is 2.47. The first-order chi connectivity index (χ1) is 6.86. The molecule has 3 N–H and O–H groups in total. The number of carbonyl (C=O) groups excluding carboxylic acids is 1. The maximum atomic E-state index is 11.4. The van der Waals surface area contributed by atoms with Crippen molar-refractivity contribution in [1.29, 1.82) is 0 Å². The van der Waals surface area contributed by atoms with E-state index in [1.165, 1.54) is 5.56 Å². The zero-order chi connectivity index (χ0) is 11.6. The zero-order valence-electron chi connectivity index (χ0n) is 9.72. The minimum absolute atomic E-state index is 0.0997. The molecule has 0 saturated carbocycles. The first-order valence-corrected chi connectivity index (χ1v) is 4.98. The van der Waals surface area contributed by atoms with Crippen molar-refractivity contribution >= 4 is 5.91 Å². The average Bonchev–Trinajstić information content (AvgIpc) is 2.15. The lowest BCUT2D eigenvalue weighted by Crippen LogP contribution is -2.30. The number of hydrazine groups is 1. The summed E-state index contributed by atoms with van der Waals surface area (Å²) in [6.07, 6.45) is 0. The smallest absolute Gasteiger partial charge is 0.265 e. The van der Waals surface area contributed by atoms with Gasteiger partial charge in [-0.25, -0.2) is 5.84 Å². The Bertz CT molecular complexity index is 378. The molecule has 0 aliphatic rings. The van der Waals surface area contributed by atoms with Crippen LogP contribution in [0, 0.1) is 6.92 Å². The number of hydrogen-bond donors (Lipinski definition) is 2. The highest BCUT2D eigenvalue weighted by Crippen LogP contribution is 2.24. The largest absolute Gasteiger partial charge is 0.290 e. The van der Waals surface area contributed by atoms with E-state index < -0.39 is 0 Å². The second-order valence-corrected chi connectivity index (χ2v) is 4.75. The molecule has 1 rings (SSSR count). The first kappa shape index (κ1) is 11.7. The molecular formula is C12H18N2O. The van der Waals surface area contributed by atoms with Crippen LogP contribution in [0.25, 0.3) is 0 Å². The van der Waals surface area contributed by atoms with Crippen LogP contribution in [0.1, 0.15) is 42.3 Å². The third-order valence-electron chi connectivity index (χ3n) is 2.47. The Morgan fingerprint density at radius 3 is 2.33 bits per heavy atom. The summed E-state index contributed by atoms with van der Waals surface area (Å²) in [5, 5.41) is 0. The Morgan fingerprint density at radius 2 is 1.93 bits per heavy atom. The second kappa shape index (κ2) is 4.03. The number of nitrogen functional groups attached to an aromatic ring is 1. The standard InChI is InChI=1S/C12H18N2O/c1-8-7-9(12(2,3)4)5-6-10(8)11(15)14-13/h5-7H,13H2,1-4H3,(H,14,15). The molecule has 3 heteroatoms. The van der Waals surface area contributed by atoms with Gasteiger partial charge in [-0.2, -0.15) is 0 Å². The predicted octanol–water partition coefficient (Wildman–Crippen LogP) is 1.90. The van der Waals surface area contributed by atoms with E-state index in [-0.39, 0.29) is 11.3 Å². The number of nitrogens with one attached hydrogen (secondary N) is 1. The molecule has 82 valence electrons. The summed E-state index contributed by atoms with van der Waals surface area (Å²) in [6.45, 7) is 8.35. The van der Waals surface area contributed by atoms with Gasteiger partial charge in [-0.3, -0.25) is 10.2 Å². The minimum atomic E-state index is -0.243. The zero-order valence-corrected chi connectivity index (χ0v) is 9.72. The van der Waals surface area contributed by atoms with Gasteiger partial charge in [-0.05, 0) is 29.5 Å². The van der Waals surface area contributed by atoms with Crippen molar-refractivity contribution in [3.8, 4) is 0 Å². The van der Waals surface area contributed by atoms with Crippen molar-refractivity contribution in [3.05, 3.63) is 34.9 Å². The number of hydrogen-bond acceptors (Lipinski definition) is 2. The highest BCUT2D eigenvalue weighted by Gasteiger charge is 2.15. The monoisotopic (exact) mass is 206 g/mol. The van der Waals surface area contributed by atoms with Gasteiger partial charge in [0, 0.05) is 5.56 Å². The molecule has 0 aliphatic heterocycles. The Hall–Kier alpha value is -1.35. The van der Waals surface area contributed by atoms with Crippen LogP contribution in [0.2, 0.25) is 0 Å². The maximum absolute atomic E-state index is 11.4. The normalized spacial score (nSPS) is 11.3. The van der Waals surface area contributed by atoms with E-state index in [2.05, 4.69) is 26.2 Å². The molecule has 0 aromatic heterocycles. The molecule has 3 nitrogen and oxygen atoms in total. The molecule has 0 spiro atoms. The molecule has 1 aromatic rings. The third kappa shape index (κ3) is 2.57. The van der Waals surface area contributed by atoms with Gasteiger partial charge in [0.25, 0.3) is 5.91 Å². The van der Waals surface area contributed by atoms with E-state index in [9.17, 15) is 4.79 Å². The molecule has 1 amide bonds. The van der Waals surface area contributed by atoms with Gasteiger partial charge in [0.2, 0.25) is 0 Å². The summed E-state index contributed by atoms with van der Waals surface area (Å²) < 4.78 is 0. The van der Waals surface area contributed by atoms with Crippen LogP contribution in [0.4, 0.5) is 0 Å². The SMILES string of the molecule is Cc1cc(C(C)(C)C)ccc1C(=O)NN. The quantitative estimate of drug-likeness (QED) is 0.419. The van der Waals surface area contributed by atoms with Gasteiger partial charge < -0.3 is 0 Å². The van der Waals surface area contributed by atoms with Crippen LogP contribution >= 0.6 is 0 Å². The number of nitrogens with two attached hydrogens (primary N) is 1. The van der Waals surface area contributed by atoms with E-state index in [0.717, 1.165) is 5.56 Å². The van der Waals surface area contributed by atoms with Crippen LogP contribution in [-0.2, 0) is 5.41 Å². The predicted molar refractivity (Wildman–Crippen MR) is 61.5 cm³/mol. The van der Waals surface area contributed by atoms with Crippen LogP contribution < -0.4 is 11.3 Å². The van der Waals surface area contributed by atoms with Gasteiger partial charge >= 0.3 is 0 Å². The first-order valence-electron chi connectivity index (χ1n) is 4.98. The summed E-state index contributed by atoms with van der Waals surface area (Å²) in [5.74, 6) is 4.85. The van der Waals surface area contributed by atoms with E-state index in [0.29, 0.717) is 5.56 Å². The lowest BCUT2D eigenvalue weighted by molar-refractivity contribution is 0.0953. The topological polar surface area (TPSA) is 55.1 Å². The number of carbonyl (C=O) groups is 1. The van der Waals surface area contributed by atoms with Gasteiger partial charge in [0.05, 0.1) is 0 Å². The molecule has 0 atom stereocenters.